The van der Waals surface area contributed by atoms with Gasteiger partial charge in [0.1, 0.15) is 0 Å². The van der Waals surface area contributed by atoms with Gasteiger partial charge in [-0.3, -0.25) is 0 Å². The Hall–Kier alpha value is -0.0400. The van der Waals surface area contributed by atoms with Crippen LogP contribution >= 0.6 is 0 Å². The lowest BCUT2D eigenvalue weighted by molar-refractivity contribution is 0.183. The van der Waals surface area contributed by atoms with Gasteiger partial charge in [0.05, 0.1) is 6.61 Å². The minimum atomic E-state index is 0.935. The molecule has 25 heavy (non-hydrogen) atoms. The summed E-state index contributed by atoms with van der Waals surface area (Å²) in [7, 11) is 0. The predicted octanol–water partition coefficient (Wildman–Crippen LogP) is 9.01. The molecule has 0 atom stereocenters. The third kappa shape index (κ3) is 24.0. The van der Waals surface area contributed by atoms with E-state index in [1.807, 2.05) is 0 Å². The molecule has 0 heterocycles. The summed E-state index contributed by atoms with van der Waals surface area (Å²) in [4.78, 5) is 0. The Labute approximate surface area is 160 Å². The van der Waals surface area contributed by atoms with Crippen molar-refractivity contribution in [2.75, 3.05) is 6.61 Å². The van der Waals surface area contributed by atoms with Crippen molar-refractivity contribution in [1.29, 1.82) is 0 Å². The quantitative estimate of drug-likeness (QED) is 0.176. The molecule has 0 aromatic carbocycles. The molecule has 0 spiro atoms. The van der Waals surface area contributed by atoms with Crippen molar-refractivity contribution in [2.45, 2.75) is 142 Å². The van der Waals surface area contributed by atoms with Gasteiger partial charge < -0.3 is 4.74 Å². The standard InChI is InChI=1S/C24H49O/c1-3-5-7-9-11-12-13-14-15-16-17-18-20-22-24-25-23-21-19-10-8-6-4-2/h24H,3-23H2,1-2H3. The molecule has 1 heteroatoms. The van der Waals surface area contributed by atoms with Gasteiger partial charge in [-0.15, -0.1) is 0 Å². The molecule has 0 N–H and O–H groups in total. The summed E-state index contributed by atoms with van der Waals surface area (Å²) in [5.41, 5.74) is 0. The summed E-state index contributed by atoms with van der Waals surface area (Å²) in [5, 5.41) is 0. The average molecular weight is 354 g/mol. The topological polar surface area (TPSA) is 9.23 Å². The molecule has 0 saturated heterocycles. The minimum Gasteiger partial charge on any atom is -0.376 e. The second-order valence-corrected chi connectivity index (χ2v) is 7.84. The Bertz CT molecular complexity index is 192. The van der Waals surface area contributed by atoms with Crippen LogP contribution in [0, 0.1) is 6.61 Å². The summed E-state index contributed by atoms with van der Waals surface area (Å²) in [6, 6.07) is 0. The van der Waals surface area contributed by atoms with Crippen molar-refractivity contribution >= 4 is 0 Å². The zero-order valence-electron chi connectivity index (χ0n) is 17.8. The van der Waals surface area contributed by atoms with Crippen molar-refractivity contribution in [3.63, 3.8) is 0 Å². The SMILES string of the molecule is CCCCCCCCCCCCCCC[CH]OCCCCCCCC. The van der Waals surface area contributed by atoms with Gasteiger partial charge in [0.25, 0.3) is 0 Å². The lowest BCUT2D eigenvalue weighted by Gasteiger charge is -2.04. The fourth-order valence-corrected chi connectivity index (χ4v) is 3.38. The van der Waals surface area contributed by atoms with Crippen molar-refractivity contribution in [1.82, 2.24) is 0 Å². The number of rotatable bonds is 22. The summed E-state index contributed by atoms with van der Waals surface area (Å²) in [6.07, 6.45) is 27.8. The van der Waals surface area contributed by atoms with Gasteiger partial charge in [-0.25, -0.2) is 0 Å². The lowest BCUT2D eigenvalue weighted by atomic mass is 10.0. The van der Waals surface area contributed by atoms with Crippen LogP contribution in [-0.4, -0.2) is 6.61 Å². The minimum absolute atomic E-state index is 0.935. The van der Waals surface area contributed by atoms with E-state index in [4.69, 9.17) is 4.74 Å². The molecule has 1 radical (unpaired) electrons. The van der Waals surface area contributed by atoms with Crippen LogP contribution in [0.3, 0.4) is 0 Å². The largest absolute Gasteiger partial charge is 0.376 e. The molecular weight excluding hydrogens is 304 g/mol. The summed E-state index contributed by atoms with van der Waals surface area (Å²) < 4.78 is 5.62. The Balaban J connectivity index is 2.94. The zero-order valence-corrected chi connectivity index (χ0v) is 17.8. The number of ether oxygens (including phenoxy) is 1. The first-order chi connectivity index (χ1) is 12.4. The highest BCUT2D eigenvalue weighted by atomic mass is 16.5. The Morgan fingerprint density at radius 3 is 1.24 bits per heavy atom. The van der Waals surface area contributed by atoms with E-state index in [-0.39, 0.29) is 0 Å². The summed E-state index contributed by atoms with van der Waals surface area (Å²) in [6.45, 7) is 7.56. The molecule has 0 fully saturated rings. The van der Waals surface area contributed by atoms with Crippen LogP contribution in [0.2, 0.25) is 0 Å². The fraction of sp³-hybridized carbons (Fsp3) is 0.958. The molecule has 0 rings (SSSR count). The van der Waals surface area contributed by atoms with Crippen LogP contribution in [-0.2, 0) is 4.74 Å². The highest BCUT2D eigenvalue weighted by Gasteiger charge is 1.95. The van der Waals surface area contributed by atoms with E-state index >= 15 is 0 Å². The van der Waals surface area contributed by atoms with E-state index in [9.17, 15) is 0 Å². The predicted molar refractivity (Wildman–Crippen MR) is 114 cm³/mol. The maximum atomic E-state index is 5.62. The van der Waals surface area contributed by atoms with Crippen LogP contribution in [0.25, 0.3) is 0 Å². The Morgan fingerprint density at radius 1 is 0.440 bits per heavy atom. The Morgan fingerprint density at radius 2 is 0.800 bits per heavy atom. The normalized spacial score (nSPS) is 11.3. The third-order valence-electron chi connectivity index (χ3n) is 5.16. The summed E-state index contributed by atoms with van der Waals surface area (Å²) >= 11 is 0. The summed E-state index contributed by atoms with van der Waals surface area (Å²) in [5.74, 6) is 0. The smallest absolute Gasteiger partial charge is 0.0836 e. The number of hydrogen-bond donors (Lipinski definition) is 0. The van der Waals surface area contributed by atoms with Gasteiger partial charge in [0.2, 0.25) is 0 Å². The van der Waals surface area contributed by atoms with Gasteiger partial charge in [0, 0.05) is 6.61 Å². The highest BCUT2D eigenvalue weighted by Crippen LogP contribution is 2.13. The van der Waals surface area contributed by atoms with Crippen molar-refractivity contribution in [3.8, 4) is 0 Å². The molecular formula is C24H49O. The van der Waals surface area contributed by atoms with E-state index < -0.39 is 0 Å². The maximum absolute atomic E-state index is 5.62. The number of unbranched alkanes of at least 4 members (excludes halogenated alkanes) is 18. The monoisotopic (exact) mass is 353 g/mol. The fourth-order valence-electron chi connectivity index (χ4n) is 3.38. The molecule has 0 bridgehead atoms. The maximum Gasteiger partial charge on any atom is 0.0836 e. The molecule has 0 aliphatic rings. The van der Waals surface area contributed by atoms with Gasteiger partial charge in [-0.05, 0) is 12.8 Å². The van der Waals surface area contributed by atoms with E-state index in [2.05, 4.69) is 20.5 Å². The second-order valence-electron chi connectivity index (χ2n) is 7.84. The van der Waals surface area contributed by atoms with E-state index in [0.29, 0.717) is 0 Å². The van der Waals surface area contributed by atoms with Crippen molar-refractivity contribution in [3.05, 3.63) is 6.61 Å². The van der Waals surface area contributed by atoms with Crippen molar-refractivity contribution < 1.29 is 4.74 Å². The first kappa shape index (κ1) is 25.0. The van der Waals surface area contributed by atoms with Crippen LogP contribution in [0.4, 0.5) is 0 Å². The first-order valence-corrected chi connectivity index (χ1v) is 11.8. The second kappa shape index (κ2) is 24.0. The first-order valence-electron chi connectivity index (χ1n) is 11.8. The van der Waals surface area contributed by atoms with Crippen LogP contribution < -0.4 is 0 Å². The molecule has 0 aromatic rings. The molecule has 0 aromatic heterocycles. The van der Waals surface area contributed by atoms with Crippen molar-refractivity contribution in [2.24, 2.45) is 0 Å². The van der Waals surface area contributed by atoms with Gasteiger partial charge in [0.15, 0.2) is 0 Å². The average Bonchev–Trinajstić information content (AvgIpc) is 2.63. The lowest BCUT2D eigenvalue weighted by Crippen LogP contribution is -1.92. The molecule has 0 unspecified atom stereocenters. The zero-order chi connectivity index (χ0) is 18.3. The molecule has 1 nitrogen and oxygen atoms in total. The molecule has 0 aliphatic carbocycles. The van der Waals surface area contributed by atoms with Gasteiger partial charge in [-0.1, -0.05) is 129 Å². The highest BCUT2D eigenvalue weighted by molar-refractivity contribution is 4.54. The van der Waals surface area contributed by atoms with Gasteiger partial charge in [-0.2, -0.15) is 0 Å². The van der Waals surface area contributed by atoms with Crippen LogP contribution in [0.1, 0.15) is 142 Å². The van der Waals surface area contributed by atoms with E-state index in [1.165, 1.54) is 122 Å². The molecule has 0 saturated carbocycles. The molecule has 151 valence electrons. The van der Waals surface area contributed by atoms with E-state index in [1.54, 1.807) is 0 Å². The molecule has 0 aliphatic heterocycles. The number of hydrogen-bond acceptors (Lipinski definition) is 1. The molecule has 0 amide bonds. The van der Waals surface area contributed by atoms with Crippen LogP contribution in [0.5, 0.6) is 0 Å². The Kier molecular flexibility index (Phi) is 23.9. The van der Waals surface area contributed by atoms with Gasteiger partial charge >= 0.3 is 0 Å². The van der Waals surface area contributed by atoms with Crippen LogP contribution in [0.15, 0.2) is 0 Å². The van der Waals surface area contributed by atoms with E-state index in [0.717, 1.165) is 13.0 Å². The third-order valence-corrected chi connectivity index (χ3v) is 5.16.